The number of carboxylic acids is 1. The molecule has 1 atom stereocenters. The van der Waals surface area contributed by atoms with E-state index < -0.39 is 23.8 Å². The molecule has 0 unspecified atom stereocenters. The summed E-state index contributed by atoms with van der Waals surface area (Å²) in [5.41, 5.74) is -1.90. The predicted octanol–water partition coefficient (Wildman–Crippen LogP) is -1.07. The molecule has 0 aromatic heterocycles. The molecule has 0 saturated carbocycles. The summed E-state index contributed by atoms with van der Waals surface area (Å²) >= 11 is 0. The number of hydrogen-bond acceptors (Lipinski definition) is 4. The maximum atomic E-state index is 11.8. The van der Waals surface area contributed by atoms with Crippen LogP contribution in [0.1, 0.15) is 27.5 Å². The van der Waals surface area contributed by atoms with Crippen LogP contribution in [-0.4, -0.2) is 54.6 Å². The Morgan fingerprint density at radius 3 is 2.38 bits per heavy atom. The van der Waals surface area contributed by atoms with E-state index in [0.717, 1.165) is 0 Å². The van der Waals surface area contributed by atoms with Crippen molar-refractivity contribution in [1.29, 1.82) is 0 Å². The molecule has 0 rings (SSSR count). The average molecular weight is 232 g/mol. The molecule has 0 amide bonds. The first kappa shape index (κ1) is 13.1. The van der Waals surface area contributed by atoms with Crippen LogP contribution >= 0.6 is 0 Å². The molecule has 0 aliphatic heterocycles. The van der Waals surface area contributed by atoms with Crippen molar-refractivity contribution in [3.63, 3.8) is 0 Å². The van der Waals surface area contributed by atoms with E-state index in [0.29, 0.717) is 6.42 Å². The van der Waals surface area contributed by atoms with Gasteiger partial charge in [-0.1, -0.05) is 6.90 Å². The van der Waals surface area contributed by atoms with Crippen LogP contribution in [0, 0.1) is 0 Å². The second kappa shape index (κ2) is 5.41. The molecule has 0 heterocycles. The highest BCUT2D eigenvalue weighted by Crippen LogP contribution is 2.18. The van der Waals surface area contributed by atoms with Gasteiger partial charge < -0.3 is 19.5 Å². The minimum atomic E-state index is -1.90. The number of ketones is 1. The van der Waals surface area contributed by atoms with Gasteiger partial charge in [0, 0.05) is 20.2 Å². The van der Waals surface area contributed by atoms with Crippen molar-refractivity contribution in [1.82, 2.24) is 0 Å². The number of likely N-dealkylation sites (N-methyl/N-ethyl adjacent to an activating group) is 1. The van der Waals surface area contributed by atoms with Gasteiger partial charge in [-0.2, -0.15) is 0 Å². The van der Waals surface area contributed by atoms with Crippen molar-refractivity contribution >= 4 is 11.8 Å². The highest BCUT2D eigenvalue weighted by molar-refractivity contribution is 5.90. The number of nitrogens with zero attached hydrogens (tertiary/aromatic N) is 1. The fourth-order valence-electron chi connectivity index (χ4n) is 1.66. The van der Waals surface area contributed by atoms with Gasteiger partial charge in [0.05, 0.1) is 21.1 Å². The Balaban J connectivity index is 4.83. The monoisotopic (exact) mass is 232 g/mol. The minimum Gasteiger partial charge on any atom is -0.550 e. The number of carboxylic acid groups (broad SMARTS) is 1. The summed E-state index contributed by atoms with van der Waals surface area (Å²) in [6.07, 6.45) is -0.349. The summed E-state index contributed by atoms with van der Waals surface area (Å²) in [6, 6.07) is 0. The first-order valence-corrected chi connectivity index (χ1v) is 5.16. The maximum Gasteiger partial charge on any atom is 0.177 e. The molecule has 0 bridgehead atoms. The first-order valence-electron chi connectivity index (χ1n) is 5.87. The zero-order chi connectivity index (χ0) is 13.7. The number of rotatable bonds is 7. The van der Waals surface area contributed by atoms with Crippen LogP contribution in [0.3, 0.4) is 0 Å². The summed E-state index contributed by atoms with van der Waals surface area (Å²) in [5.74, 6) is -1.97. The van der Waals surface area contributed by atoms with E-state index in [-0.39, 0.29) is 24.3 Å². The highest BCUT2D eigenvalue weighted by Gasteiger charge is 2.40. The predicted molar refractivity (Wildman–Crippen MR) is 57.4 cm³/mol. The van der Waals surface area contributed by atoms with Gasteiger partial charge in [0.25, 0.3) is 0 Å². The van der Waals surface area contributed by atoms with Crippen LogP contribution in [0.25, 0.3) is 0 Å². The lowest BCUT2D eigenvalue weighted by molar-refractivity contribution is -0.875. The number of Topliss-reactive ketones (excluding diaryl/α,β-unsaturated/α-hetero) is 1. The summed E-state index contributed by atoms with van der Waals surface area (Å²) in [5, 5.41) is 20.8. The summed E-state index contributed by atoms with van der Waals surface area (Å²) in [6.45, 7) is 0.0926. The SMILES string of the molecule is [2H]CCCC(=O)[C@@](O)(CC(=O)[O-])C[N+](C)(C)C. The summed E-state index contributed by atoms with van der Waals surface area (Å²) < 4.78 is 7.23. The van der Waals surface area contributed by atoms with Crippen LogP contribution in [0.5, 0.6) is 0 Å². The second-order valence-electron chi connectivity index (χ2n) is 5.06. The van der Waals surface area contributed by atoms with E-state index in [1.54, 1.807) is 21.1 Å². The van der Waals surface area contributed by atoms with Crippen LogP contribution in [0.15, 0.2) is 0 Å². The van der Waals surface area contributed by atoms with Gasteiger partial charge in [-0.05, 0) is 6.42 Å². The molecule has 0 aliphatic rings. The van der Waals surface area contributed by atoms with E-state index >= 15 is 0 Å². The Bertz CT molecular complexity index is 288. The topological polar surface area (TPSA) is 77.4 Å². The molecule has 1 N–H and O–H groups in total. The second-order valence-corrected chi connectivity index (χ2v) is 5.06. The van der Waals surface area contributed by atoms with Gasteiger partial charge in [-0.25, -0.2) is 0 Å². The smallest absolute Gasteiger partial charge is 0.177 e. The van der Waals surface area contributed by atoms with E-state index in [9.17, 15) is 19.8 Å². The summed E-state index contributed by atoms with van der Waals surface area (Å²) in [4.78, 5) is 22.4. The zero-order valence-corrected chi connectivity index (χ0v) is 10.2. The number of carbonyl (C=O) groups is 2. The minimum absolute atomic E-state index is 0.0117. The number of aliphatic hydroxyl groups is 1. The molecule has 0 spiro atoms. The number of quaternary nitrogens is 1. The molecule has 5 heteroatoms. The van der Waals surface area contributed by atoms with Crippen molar-refractivity contribution in [2.75, 3.05) is 27.7 Å². The number of aliphatic carboxylic acids is 1. The van der Waals surface area contributed by atoms with Gasteiger partial charge in [0.2, 0.25) is 0 Å². The summed E-state index contributed by atoms with van der Waals surface area (Å²) in [7, 11) is 5.29. The maximum absolute atomic E-state index is 11.8. The molecule has 0 fully saturated rings. The lowest BCUT2D eigenvalue weighted by Gasteiger charge is -2.34. The Hall–Kier alpha value is -0.940. The van der Waals surface area contributed by atoms with Crippen LogP contribution in [-0.2, 0) is 9.59 Å². The molecular weight excluding hydrogens is 210 g/mol. The average Bonchev–Trinajstić information content (AvgIpc) is 2.09. The molecule has 16 heavy (non-hydrogen) atoms. The lowest BCUT2D eigenvalue weighted by atomic mass is 9.90. The van der Waals surface area contributed by atoms with E-state index in [1.165, 1.54) is 0 Å². The standard InChI is InChI=1S/C11H21NO4/c1-5-6-9(13)11(16,7-10(14)15)8-12(2,3)4/h16H,5-8H2,1-4H3/t11-/m1/s1/i1D. The van der Waals surface area contributed by atoms with E-state index in [4.69, 9.17) is 1.37 Å². The Labute approximate surface area is 97.7 Å². The Morgan fingerprint density at radius 2 is 2.00 bits per heavy atom. The van der Waals surface area contributed by atoms with Crippen molar-refractivity contribution in [3.8, 4) is 0 Å². The highest BCUT2D eigenvalue weighted by atomic mass is 16.4. The third kappa shape index (κ3) is 5.23. The Morgan fingerprint density at radius 1 is 1.44 bits per heavy atom. The molecule has 0 radical (unpaired) electrons. The van der Waals surface area contributed by atoms with Crippen molar-refractivity contribution < 1.29 is 25.7 Å². The van der Waals surface area contributed by atoms with E-state index in [2.05, 4.69) is 0 Å². The largest absolute Gasteiger partial charge is 0.550 e. The van der Waals surface area contributed by atoms with Gasteiger partial charge in [-0.3, -0.25) is 4.79 Å². The normalized spacial score (nSPS) is 16.4. The van der Waals surface area contributed by atoms with Crippen LogP contribution in [0.2, 0.25) is 0 Å². The molecule has 5 nitrogen and oxygen atoms in total. The molecular formula is C11H21NO4. The number of hydrogen-bond donors (Lipinski definition) is 1. The number of carbonyl (C=O) groups excluding carboxylic acids is 2. The van der Waals surface area contributed by atoms with E-state index in [1.807, 2.05) is 0 Å². The third-order valence-electron chi connectivity index (χ3n) is 2.10. The molecule has 0 aromatic rings. The Kier molecular flexibility index (Phi) is 4.44. The van der Waals surface area contributed by atoms with Crippen molar-refractivity contribution in [2.45, 2.75) is 31.8 Å². The van der Waals surface area contributed by atoms with Crippen LogP contribution in [0.4, 0.5) is 0 Å². The van der Waals surface area contributed by atoms with Gasteiger partial charge in [0.1, 0.15) is 6.54 Å². The molecule has 0 saturated heterocycles. The third-order valence-corrected chi connectivity index (χ3v) is 2.10. The fraction of sp³-hybridized carbons (Fsp3) is 0.818. The van der Waals surface area contributed by atoms with Gasteiger partial charge >= 0.3 is 0 Å². The lowest BCUT2D eigenvalue weighted by Crippen LogP contribution is -2.56. The fourth-order valence-corrected chi connectivity index (χ4v) is 1.66. The van der Waals surface area contributed by atoms with Gasteiger partial charge in [0.15, 0.2) is 11.4 Å². The van der Waals surface area contributed by atoms with Crippen molar-refractivity contribution in [3.05, 3.63) is 0 Å². The van der Waals surface area contributed by atoms with Crippen molar-refractivity contribution in [2.24, 2.45) is 0 Å². The van der Waals surface area contributed by atoms with Gasteiger partial charge in [-0.15, -0.1) is 0 Å². The first-order chi connectivity index (χ1) is 7.60. The quantitative estimate of drug-likeness (QED) is 0.567. The molecule has 94 valence electrons. The molecule has 0 aliphatic carbocycles. The molecule has 0 aromatic carbocycles. The van der Waals surface area contributed by atoms with Crippen LogP contribution < -0.4 is 5.11 Å². The zero-order valence-electron chi connectivity index (χ0n) is 11.2.